The largest absolute Gasteiger partial charge is 0.394 e. The van der Waals surface area contributed by atoms with Crippen molar-refractivity contribution in [3.63, 3.8) is 0 Å². The maximum Gasteiger partial charge on any atom is 0.244 e. The smallest absolute Gasteiger partial charge is 0.244 e. The Morgan fingerprint density at radius 1 is 1.43 bits per heavy atom. The lowest BCUT2D eigenvalue weighted by Crippen LogP contribution is -2.46. The Balaban J connectivity index is 2.26. The number of morpholine rings is 1. The summed E-state index contributed by atoms with van der Waals surface area (Å²) in [6.07, 6.45) is 2.17. The lowest BCUT2D eigenvalue weighted by molar-refractivity contribution is -0.0304. The first-order valence-electron chi connectivity index (χ1n) is 6.35. The SMILES string of the molecule is O=S(=O)(c1cncc(C#CCO)c1)N1CCOC(CO)C1. The van der Waals surface area contributed by atoms with Gasteiger partial charge in [0, 0.05) is 31.0 Å². The van der Waals surface area contributed by atoms with Crippen molar-refractivity contribution in [1.29, 1.82) is 0 Å². The minimum atomic E-state index is -3.70. The van der Waals surface area contributed by atoms with Gasteiger partial charge in [-0.25, -0.2) is 8.42 Å². The molecule has 0 aromatic carbocycles. The molecule has 7 nitrogen and oxygen atoms in total. The van der Waals surface area contributed by atoms with Gasteiger partial charge < -0.3 is 14.9 Å². The number of aliphatic hydroxyl groups is 2. The number of hydrogen-bond donors (Lipinski definition) is 2. The van der Waals surface area contributed by atoms with E-state index in [0.29, 0.717) is 5.56 Å². The van der Waals surface area contributed by atoms with Crippen molar-refractivity contribution >= 4 is 10.0 Å². The number of aromatic nitrogens is 1. The van der Waals surface area contributed by atoms with E-state index in [2.05, 4.69) is 16.8 Å². The average Bonchev–Trinajstić information content (AvgIpc) is 2.53. The molecule has 8 heteroatoms. The molecule has 1 aliphatic rings. The second-order valence-electron chi connectivity index (χ2n) is 4.41. The van der Waals surface area contributed by atoms with Crippen LogP contribution in [0.1, 0.15) is 5.56 Å². The van der Waals surface area contributed by atoms with E-state index >= 15 is 0 Å². The number of aliphatic hydroxyl groups excluding tert-OH is 2. The van der Waals surface area contributed by atoms with E-state index < -0.39 is 16.1 Å². The van der Waals surface area contributed by atoms with Crippen LogP contribution < -0.4 is 0 Å². The van der Waals surface area contributed by atoms with Crippen molar-refractivity contribution < 1.29 is 23.4 Å². The third-order valence-corrected chi connectivity index (χ3v) is 4.80. The highest BCUT2D eigenvalue weighted by molar-refractivity contribution is 7.89. The zero-order valence-electron chi connectivity index (χ0n) is 11.3. The van der Waals surface area contributed by atoms with Crippen LogP contribution in [0.25, 0.3) is 0 Å². The van der Waals surface area contributed by atoms with E-state index in [1.165, 1.54) is 22.8 Å². The van der Waals surface area contributed by atoms with Gasteiger partial charge in [-0.05, 0) is 6.07 Å². The van der Waals surface area contributed by atoms with Gasteiger partial charge in [0.15, 0.2) is 0 Å². The summed E-state index contributed by atoms with van der Waals surface area (Å²) in [4.78, 5) is 3.90. The molecule has 1 aromatic heterocycles. The number of nitrogens with zero attached hydrogens (tertiary/aromatic N) is 2. The second kappa shape index (κ2) is 6.98. The highest BCUT2D eigenvalue weighted by atomic mass is 32.2. The molecule has 2 rings (SSSR count). The standard InChI is InChI=1S/C13H16N2O5S/c16-4-1-2-11-6-13(8-14-7-11)21(18,19)15-3-5-20-12(9-15)10-17/h6-8,12,16-17H,3-5,9-10H2. The normalized spacial score (nSPS) is 19.8. The lowest BCUT2D eigenvalue weighted by Gasteiger charge is -2.31. The molecular formula is C13H16N2O5S. The van der Waals surface area contributed by atoms with Crippen LogP contribution in [0.5, 0.6) is 0 Å². The molecule has 1 fully saturated rings. The van der Waals surface area contributed by atoms with Crippen molar-refractivity contribution in [1.82, 2.24) is 9.29 Å². The molecule has 1 aliphatic heterocycles. The van der Waals surface area contributed by atoms with Crippen LogP contribution in [0.3, 0.4) is 0 Å². The lowest BCUT2D eigenvalue weighted by atomic mass is 10.3. The Labute approximate surface area is 123 Å². The molecule has 0 spiro atoms. The first kappa shape index (κ1) is 15.9. The predicted octanol–water partition coefficient (Wildman–Crippen LogP) is -1.19. The van der Waals surface area contributed by atoms with Gasteiger partial charge in [0.1, 0.15) is 11.5 Å². The molecule has 1 atom stereocenters. The summed E-state index contributed by atoms with van der Waals surface area (Å²) in [5, 5.41) is 17.7. The molecule has 0 aliphatic carbocycles. The molecule has 0 saturated carbocycles. The molecule has 1 unspecified atom stereocenters. The molecule has 0 radical (unpaired) electrons. The van der Waals surface area contributed by atoms with Gasteiger partial charge in [-0.3, -0.25) is 4.98 Å². The van der Waals surface area contributed by atoms with Gasteiger partial charge in [0.05, 0.1) is 19.3 Å². The molecule has 2 heterocycles. The monoisotopic (exact) mass is 312 g/mol. The van der Waals surface area contributed by atoms with Crippen molar-refractivity contribution in [2.24, 2.45) is 0 Å². The van der Waals surface area contributed by atoms with Crippen LogP contribution in [0.2, 0.25) is 0 Å². The summed E-state index contributed by atoms with van der Waals surface area (Å²) in [5.41, 5.74) is 0.414. The molecule has 1 aromatic rings. The van der Waals surface area contributed by atoms with Crippen molar-refractivity contribution in [2.75, 3.05) is 32.9 Å². The minimum absolute atomic E-state index is 0.0332. The summed E-state index contributed by atoms with van der Waals surface area (Å²) in [6, 6.07) is 1.41. The van der Waals surface area contributed by atoms with Crippen molar-refractivity contribution in [3.05, 3.63) is 24.0 Å². The number of hydrogen-bond acceptors (Lipinski definition) is 6. The molecule has 21 heavy (non-hydrogen) atoms. The second-order valence-corrected chi connectivity index (χ2v) is 6.35. The zero-order valence-corrected chi connectivity index (χ0v) is 12.1. The highest BCUT2D eigenvalue weighted by Crippen LogP contribution is 2.18. The predicted molar refractivity (Wildman–Crippen MR) is 73.8 cm³/mol. The molecule has 2 N–H and O–H groups in total. The first-order chi connectivity index (χ1) is 10.1. The fourth-order valence-corrected chi connectivity index (χ4v) is 3.39. The van der Waals surface area contributed by atoms with Crippen LogP contribution in [0, 0.1) is 11.8 Å². The molecule has 0 amide bonds. The summed E-state index contributed by atoms with van der Waals surface area (Å²) in [6.45, 7) is 0.0313. The molecule has 0 bridgehead atoms. The average molecular weight is 312 g/mol. The first-order valence-corrected chi connectivity index (χ1v) is 7.79. The van der Waals surface area contributed by atoms with E-state index in [1.807, 2.05) is 0 Å². The minimum Gasteiger partial charge on any atom is -0.394 e. The van der Waals surface area contributed by atoms with E-state index in [0.717, 1.165) is 0 Å². The van der Waals surface area contributed by atoms with Crippen LogP contribution >= 0.6 is 0 Å². The molecule has 114 valence electrons. The van der Waals surface area contributed by atoms with Gasteiger partial charge in [0.2, 0.25) is 10.0 Å². The van der Waals surface area contributed by atoms with E-state index in [-0.39, 0.29) is 37.8 Å². The van der Waals surface area contributed by atoms with Gasteiger partial charge in [-0.2, -0.15) is 4.31 Å². The Morgan fingerprint density at radius 3 is 2.95 bits per heavy atom. The van der Waals surface area contributed by atoms with Gasteiger partial charge >= 0.3 is 0 Å². The fraction of sp³-hybridized carbons (Fsp3) is 0.462. The van der Waals surface area contributed by atoms with Gasteiger partial charge in [0.25, 0.3) is 0 Å². The van der Waals surface area contributed by atoms with Crippen molar-refractivity contribution in [2.45, 2.75) is 11.0 Å². The Bertz CT molecular complexity index is 650. The maximum atomic E-state index is 12.5. The summed E-state index contributed by atoms with van der Waals surface area (Å²) < 4.78 is 31.6. The summed E-state index contributed by atoms with van der Waals surface area (Å²) >= 11 is 0. The Hall–Kier alpha value is -1.50. The molecule has 1 saturated heterocycles. The van der Waals surface area contributed by atoms with Crippen LogP contribution in [-0.2, 0) is 14.8 Å². The third-order valence-electron chi connectivity index (χ3n) is 2.97. The van der Waals surface area contributed by atoms with Gasteiger partial charge in [-0.15, -0.1) is 0 Å². The number of ether oxygens (including phenoxy) is 1. The number of rotatable bonds is 3. The molecular weight excluding hydrogens is 296 g/mol. The van der Waals surface area contributed by atoms with E-state index in [1.54, 1.807) is 0 Å². The van der Waals surface area contributed by atoms with Crippen LogP contribution in [-0.4, -0.2) is 66.9 Å². The Morgan fingerprint density at radius 2 is 2.24 bits per heavy atom. The van der Waals surface area contributed by atoms with Crippen molar-refractivity contribution in [3.8, 4) is 11.8 Å². The quantitative estimate of drug-likeness (QED) is 0.681. The van der Waals surface area contributed by atoms with Gasteiger partial charge in [-0.1, -0.05) is 11.8 Å². The van der Waals surface area contributed by atoms with E-state index in [9.17, 15) is 8.42 Å². The van der Waals surface area contributed by atoms with Crippen LogP contribution in [0.15, 0.2) is 23.4 Å². The number of pyridine rings is 1. The zero-order chi connectivity index (χ0) is 15.3. The third kappa shape index (κ3) is 3.78. The summed E-state index contributed by atoms with van der Waals surface area (Å²) in [5.74, 6) is 5.06. The topological polar surface area (TPSA) is 100.0 Å². The Kier molecular flexibility index (Phi) is 5.27. The number of sulfonamides is 1. The van der Waals surface area contributed by atoms with Crippen LogP contribution in [0.4, 0.5) is 0 Å². The highest BCUT2D eigenvalue weighted by Gasteiger charge is 2.30. The summed E-state index contributed by atoms with van der Waals surface area (Å²) in [7, 11) is -3.70. The maximum absolute atomic E-state index is 12.5. The fourth-order valence-electron chi connectivity index (χ4n) is 1.94. The van der Waals surface area contributed by atoms with E-state index in [4.69, 9.17) is 14.9 Å².